The van der Waals surface area contributed by atoms with Crippen molar-refractivity contribution in [1.82, 2.24) is 4.98 Å². The van der Waals surface area contributed by atoms with Crippen LogP contribution in [0.3, 0.4) is 0 Å². The highest BCUT2D eigenvalue weighted by atomic mass is 35.5. The van der Waals surface area contributed by atoms with Crippen molar-refractivity contribution in [2.24, 2.45) is 0 Å². The normalized spacial score (nSPS) is 11.4. The molecule has 0 saturated carbocycles. The van der Waals surface area contributed by atoms with Crippen LogP contribution in [-0.4, -0.2) is 20.5 Å². The first kappa shape index (κ1) is 16.3. The van der Waals surface area contributed by atoms with Crippen LogP contribution in [0.25, 0.3) is 10.6 Å². The maximum Gasteiger partial charge on any atom is 0.267 e. The summed E-state index contributed by atoms with van der Waals surface area (Å²) >= 11 is 8.65. The summed E-state index contributed by atoms with van der Waals surface area (Å²) in [7, 11) is -2.44. The van der Waals surface area contributed by atoms with Crippen LogP contribution in [0, 0.1) is 0 Å². The monoisotopic (exact) mass is 386 g/mol. The van der Waals surface area contributed by atoms with Gasteiger partial charge in [0, 0.05) is 10.4 Å². The third-order valence-electron chi connectivity index (χ3n) is 2.91. The van der Waals surface area contributed by atoms with E-state index >= 15 is 0 Å². The summed E-state index contributed by atoms with van der Waals surface area (Å²) in [6.07, 6.45) is 0. The molecular weight excluding hydrogens is 376 g/mol. The van der Waals surface area contributed by atoms with Crippen LogP contribution in [0.15, 0.2) is 46.0 Å². The molecule has 9 heteroatoms. The number of halogens is 1. The molecule has 0 spiro atoms. The molecule has 3 aromatic rings. The van der Waals surface area contributed by atoms with Gasteiger partial charge in [0.2, 0.25) is 0 Å². The van der Waals surface area contributed by atoms with Crippen molar-refractivity contribution in [3.63, 3.8) is 0 Å². The van der Waals surface area contributed by atoms with E-state index < -0.39 is 10.0 Å². The van der Waals surface area contributed by atoms with Crippen molar-refractivity contribution in [2.75, 3.05) is 11.8 Å². The number of nitrogens with zero attached hydrogens (tertiary/aromatic N) is 1. The fraction of sp³-hybridized carbons (Fsp3) is 0.0714. The van der Waals surface area contributed by atoms with Crippen molar-refractivity contribution >= 4 is 49.4 Å². The van der Waals surface area contributed by atoms with Crippen LogP contribution in [-0.2, 0) is 10.0 Å². The second-order valence-electron chi connectivity index (χ2n) is 4.42. The third-order valence-corrected chi connectivity index (χ3v) is 6.29. The Labute approximate surface area is 146 Å². The molecule has 0 radical (unpaired) electrons. The summed E-state index contributed by atoms with van der Waals surface area (Å²) in [5.74, 6) is 0.219. The number of rotatable bonds is 5. The minimum atomic E-state index is -3.84. The molecule has 2 heterocycles. The molecule has 0 aliphatic heterocycles. The van der Waals surface area contributed by atoms with Gasteiger partial charge in [0.25, 0.3) is 10.0 Å². The van der Waals surface area contributed by atoms with Crippen molar-refractivity contribution in [1.29, 1.82) is 0 Å². The van der Waals surface area contributed by atoms with E-state index in [1.54, 1.807) is 22.8 Å². The van der Waals surface area contributed by atoms with E-state index in [2.05, 4.69) is 9.71 Å². The first-order chi connectivity index (χ1) is 11.0. The van der Waals surface area contributed by atoms with Crippen LogP contribution in [0.2, 0.25) is 5.02 Å². The molecule has 2 aromatic heterocycles. The number of sulfonamides is 1. The number of hydrogen-bond acceptors (Lipinski definition) is 6. The Morgan fingerprint density at radius 1 is 1.26 bits per heavy atom. The fourth-order valence-electron chi connectivity index (χ4n) is 1.89. The molecule has 0 aliphatic carbocycles. The van der Waals surface area contributed by atoms with Gasteiger partial charge >= 0.3 is 0 Å². The molecule has 0 fully saturated rings. The lowest BCUT2D eigenvalue weighted by Crippen LogP contribution is -2.14. The Kier molecular flexibility index (Phi) is 4.58. The van der Waals surface area contributed by atoms with Crippen molar-refractivity contribution < 1.29 is 13.2 Å². The summed E-state index contributed by atoms with van der Waals surface area (Å²) in [5.41, 5.74) is 0.737. The van der Waals surface area contributed by atoms with Gasteiger partial charge in [-0.15, -0.1) is 22.7 Å². The summed E-state index contributed by atoms with van der Waals surface area (Å²) in [6, 6.07) is 8.27. The molecule has 0 atom stereocenters. The maximum atomic E-state index is 12.5. The van der Waals surface area contributed by atoms with Gasteiger partial charge < -0.3 is 4.74 Å². The van der Waals surface area contributed by atoms with Crippen molar-refractivity contribution in [3.8, 4) is 16.3 Å². The average molecular weight is 387 g/mol. The fourth-order valence-corrected chi connectivity index (χ4v) is 5.05. The predicted molar refractivity (Wildman–Crippen MR) is 94.2 cm³/mol. The minimum Gasteiger partial charge on any atom is -0.495 e. The first-order valence-electron chi connectivity index (χ1n) is 6.35. The van der Waals surface area contributed by atoms with Gasteiger partial charge in [0.05, 0.1) is 17.7 Å². The number of ether oxygens (including phenoxy) is 1. The number of nitrogens with one attached hydrogen (secondary N) is 1. The Morgan fingerprint density at radius 2 is 2.09 bits per heavy atom. The standard InChI is InChI=1S/C14H11ClN2O3S3/c1-20-11-5-4-9(15)7-13(11)23(18,19)17-14-16-10(8-22-14)12-3-2-6-21-12/h2-8H,1H3,(H,16,17). The summed E-state index contributed by atoms with van der Waals surface area (Å²) in [4.78, 5) is 5.26. The zero-order valence-electron chi connectivity index (χ0n) is 11.8. The average Bonchev–Trinajstić information content (AvgIpc) is 3.17. The lowest BCUT2D eigenvalue weighted by atomic mass is 10.3. The highest BCUT2D eigenvalue weighted by Gasteiger charge is 2.21. The SMILES string of the molecule is COc1ccc(Cl)cc1S(=O)(=O)Nc1nc(-c2cccs2)cs1. The second-order valence-corrected chi connectivity index (χ2v) is 8.31. The summed E-state index contributed by atoms with van der Waals surface area (Å²) < 4.78 is 32.7. The van der Waals surface area contributed by atoms with E-state index in [1.807, 2.05) is 17.5 Å². The van der Waals surface area contributed by atoms with E-state index in [4.69, 9.17) is 16.3 Å². The number of aromatic nitrogens is 1. The Hall–Kier alpha value is -1.61. The van der Waals surface area contributed by atoms with Crippen molar-refractivity contribution in [3.05, 3.63) is 46.1 Å². The molecule has 1 N–H and O–H groups in total. The zero-order valence-corrected chi connectivity index (χ0v) is 15.0. The molecule has 0 saturated heterocycles. The number of thiophene rings is 1. The molecule has 1 aromatic carbocycles. The lowest BCUT2D eigenvalue weighted by molar-refractivity contribution is 0.403. The number of methoxy groups -OCH3 is 1. The topological polar surface area (TPSA) is 68.3 Å². The van der Waals surface area contributed by atoms with Crippen LogP contribution in [0.5, 0.6) is 5.75 Å². The minimum absolute atomic E-state index is 0.0274. The van der Waals surface area contributed by atoms with Gasteiger partial charge in [-0.1, -0.05) is 17.7 Å². The molecule has 23 heavy (non-hydrogen) atoms. The molecule has 0 unspecified atom stereocenters. The lowest BCUT2D eigenvalue weighted by Gasteiger charge is -2.10. The van der Waals surface area contributed by atoms with Gasteiger partial charge in [-0.3, -0.25) is 4.72 Å². The Bertz CT molecular complexity index is 921. The third kappa shape index (κ3) is 3.50. The van der Waals surface area contributed by atoms with Crippen molar-refractivity contribution in [2.45, 2.75) is 4.90 Å². The van der Waals surface area contributed by atoms with Crippen LogP contribution < -0.4 is 9.46 Å². The smallest absolute Gasteiger partial charge is 0.267 e. The highest BCUT2D eigenvalue weighted by Crippen LogP contribution is 2.32. The largest absolute Gasteiger partial charge is 0.495 e. The van der Waals surface area contributed by atoms with E-state index in [1.165, 1.54) is 30.6 Å². The predicted octanol–water partition coefficient (Wildman–Crippen LogP) is 4.33. The van der Waals surface area contributed by atoms with E-state index in [0.717, 1.165) is 10.6 Å². The van der Waals surface area contributed by atoms with E-state index in [-0.39, 0.29) is 15.8 Å². The van der Waals surface area contributed by atoms with Gasteiger partial charge in [-0.25, -0.2) is 13.4 Å². The van der Waals surface area contributed by atoms with Crippen LogP contribution in [0.4, 0.5) is 5.13 Å². The molecule has 3 rings (SSSR count). The van der Waals surface area contributed by atoms with E-state index in [0.29, 0.717) is 5.02 Å². The second kappa shape index (κ2) is 6.48. The van der Waals surface area contributed by atoms with Gasteiger partial charge in [0.15, 0.2) is 5.13 Å². The number of benzene rings is 1. The molecule has 0 aliphatic rings. The Balaban J connectivity index is 1.91. The van der Waals surface area contributed by atoms with Gasteiger partial charge in [-0.2, -0.15) is 0 Å². The molecular formula is C14H11ClN2O3S3. The summed E-state index contributed by atoms with van der Waals surface area (Å²) in [5, 5.41) is 4.34. The zero-order chi connectivity index (χ0) is 16.4. The molecule has 0 bridgehead atoms. The van der Waals surface area contributed by atoms with Gasteiger partial charge in [0.1, 0.15) is 10.6 Å². The van der Waals surface area contributed by atoms with E-state index in [9.17, 15) is 8.42 Å². The highest BCUT2D eigenvalue weighted by molar-refractivity contribution is 7.93. The molecule has 5 nitrogen and oxygen atoms in total. The number of thiazole rings is 1. The maximum absolute atomic E-state index is 12.5. The molecule has 0 amide bonds. The van der Waals surface area contributed by atoms with Crippen LogP contribution >= 0.6 is 34.3 Å². The summed E-state index contributed by atoms with van der Waals surface area (Å²) in [6.45, 7) is 0. The molecule has 120 valence electrons. The Morgan fingerprint density at radius 3 is 2.78 bits per heavy atom. The first-order valence-corrected chi connectivity index (χ1v) is 9.97. The quantitative estimate of drug-likeness (QED) is 0.708. The van der Waals surface area contributed by atoms with Gasteiger partial charge in [-0.05, 0) is 29.6 Å². The number of hydrogen-bond donors (Lipinski definition) is 1. The number of anilines is 1. The van der Waals surface area contributed by atoms with Crippen LogP contribution in [0.1, 0.15) is 0 Å².